The number of carbonyl (C=O) groups excluding carboxylic acids is 1. The molecule has 1 aliphatic heterocycles. The van der Waals surface area contributed by atoms with Gasteiger partial charge in [-0.25, -0.2) is 0 Å². The third kappa shape index (κ3) is 3.36. The molecule has 0 aromatic heterocycles. The van der Waals surface area contributed by atoms with E-state index in [1.54, 1.807) is 0 Å². The van der Waals surface area contributed by atoms with Gasteiger partial charge in [0.25, 0.3) is 0 Å². The summed E-state index contributed by atoms with van der Waals surface area (Å²) in [4.78, 5) is 12.0. The van der Waals surface area contributed by atoms with Crippen molar-refractivity contribution in [2.45, 2.75) is 43.4 Å². The van der Waals surface area contributed by atoms with Crippen molar-refractivity contribution in [1.29, 1.82) is 0 Å². The molecule has 4 nitrogen and oxygen atoms in total. The number of nitrogens with one attached hydrogen (secondary N) is 1. The third-order valence-electron chi connectivity index (χ3n) is 3.80. The number of hydrogen-bond donors (Lipinski definition) is 2. The van der Waals surface area contributed by atoms with Gasteiger partial charge in [0.1, 0.15) is 5.54 Å². The molecule has 1 rings (SSSR count). The summed E-state index contributed by atoms with van der Waals surface area (Å²) < 4.78 is 5.33. The van der Waals surface area contributed by atoms with Crippen molar-refractivity contribution in [1.82, 2.24) is 5.32 Å². The maximum absolute atomic E-state index is 12.0. The Balaban J connectivity index is 2.52. The quantitative estimate of drug-likeness (QED) is 0.752. The van der Waals surface area contributed by atoms with Crippen LogP contribution >= 0.6 is 11.8 Å². The highest BCUT2D eigenvalue weighted by Gasteiger charge is 2.39. The Labute approximate surface area is 108 Å². The van der Waals surface area contributed by atoms with Crippen LogP contribution in [0.4, 0.5) is 0 Å². The van der Waals surface area contributed by atoms with Gasteiger partial charge in [0.2, 0.25) is 5.91 Å². The lowest BCUT2D eigenvalue weighted by atomic mass is 9.97. The van der Waals surface area contributed by atoms with E-state index in [4.69, 9.17) is 10.5 Å². The molecule has 0 radical (unpaired) electrons. The minimum atomic E-state index is -0.814. The van der Waals surface area contributed by atoms with Crippen LogP contribution in [0, 0.1) is 0 Å². The molecule has 0 aromatic rings. The lowest BCUT2D eigenvalue weighted by molar-refractivity contribution is -0.126. The van der Waals surface area contributed by atoms with E-state index < -0.39 is 5.54 Å². The summed E-state index contributed by atoms with van der Waals surface area (Å²) in [5.74, 6) is -0.0738. The normalized spacial score (nSPS) is 24.9. The molecule has 1 fully saturated rings. The first-order valence-electron chi connectivity index (χ1n) is 6.22. The lowest BCUT2D eigenvalue weighted by Gasteiger charge is -2.31. The van der Waals surface area contributed by atoms with Gasteiger partial charge in [-0.3, -0.25) is 4.79 Å². The number of amides is 1. The van der Waals surface area contributed by atoms with Crippen molar-refractivity contribution < 1.29 is 9.53 Å². The summed E-state index contributed by atoms with van der Waals surface area (Å²) in [6.07, 6.45) is 4.79. The lowest BCUT2D eigenvalue weighted by Crippen LogP contribution is -2.56. The van der Waals surface area contributed by atoms with Gasteiger partial charge in [-0.2, -0.15) is 11.8 Å². The second kappa shape index (κ2) is 6.07. The van der Waals surface area contributed by atoms with E-state index >= 15 is 0 Å². The van der Waals surface area contributed by atoms with E-state index in [-0.39, 0.29) is 10.7 Å². The van der Waals surface area contributed by atoms with Crippen molar-refractivity contribution in [3.63, 3.8) is 0 Å². The minimum absolute atomic E-state index is 0.0738. The summed E-state index contributed by atoms with van der Waals surface area (Å²) in [5.41, 5.74) is 5.20. The second-order valence-corrected chi connectivity index (χ2v) is 6.01. The Morgan fingerprint density at radius 3 is 2.59 bits per heavy atom. The molecule has 0 bridgehead atoms. The van der Waals surface area contributed by atoms with Crippen LogP contribution in [0.15, 0.2) is 0 Å². The molecule has 1 unspecified atom stereocenters. The fourth-order valence-electron chi connectivity index (χ4n) is 2.04. The molecule has 0 saturated carbocycles. The largest absolute Gasteiger partial charge is 0.379 e. The van der Waals surface area contributed by atoms with Gasteiger partial charge < -0.3 is 15.8 Å². The van der Waals surface area contributed by atoms with Crippen molar-refractivity contribution in [3.8, 4) is 0 Å². The molecular weight excluding hydrogens is 236 g/mol. The van der Waals surface area contributed by atoms with Crippen LogP contribution < -0.4 is 11.1 Å². The molecule has 1 saturated heterocycles. The van der Waals surface area contributed by atoms with E-state index in [1.807, 2.05) is 11.8 Å². The molecule has 0 aromatic carbocycles. The average Bonchev–Trinajstić information content (AvgIpc) is 2.80. The molecule has 1 aliphatic rings. The predicted molar refractivity (Wildman–Crippen MR) is 72.2 cm³/mol. The zero-order chi connectivity index (χ0) is 12.9. The van der Waals surface area contributed by atoms with E-state index in [2.05, 4.69) is 25.4 Å². The van der Waals surface area contributed by atoms with Gasteiger partial charge in [-0.05, 0) is 25.5 Å². The van der Waals surface area contributed by atoms with Crippen LogP contribution in [0.1, 0.15) is 33.1 Å². The predicted octanol–water partition coefficient (Wildman–Crippen LogP) is 1.14. The van der Waals surface area contributed by atoms with Crippen LogP contribution in [0.25, 0.3) is 0 Å². The van der Waals surface area contributed by atoms with Crippen LogP contribution in [0.5, 0.6) is 0 Å². The fourth-order valence-corrected chi connectivity index (χ4v) is 2.83. The van der Waals surface area contributed by atoms with Gasteiger partial charge in [0.05, 0.1) is 6.61 Å². The molecule has 5 heteroatoms. The summed E-state index contributed by atoms with van der Waals surface area (Å²) in [7, 11) is 0. The first kappa shape index (κ1) is 14.8. The SMILES string of the molecule is CCC(CC)(CNC(=O)C1(N)CCOC1)SC. The fraction of sp³-hybridized carbons (Fsp3) is 0.917. The zero-order valence-corrected chi connectivity index (χ0v) is 11.9. The van der Waals surface area contributed by atoms with Gasteiger partial charge in [-0.1, -0.05) is 13.8 Å². The van der Waals surface area contributed by atoms with Gasteiger partial charge in [-0.15, -0.1) is 0 Å². The average molecular weight is 260 g/mol. The van der Waals surface area contributed by atoms with Gasteiger partial charge >= 0.3 is 0 Å². The van der Waals surface area contributed by atoms with Crippen LogP contribution in [-0.4, -0.2) is 42.2 Å². The number of nitrogens with two attached hydrogens (primary N) is 1. The van der Waals surface area contributed by atoms with Crippen molar-refractivity contribution in [2.75, 3.05) is 26.0 Å². The Bertz CT molecular complexity index is 253. The summed E-state index contributed by atoms with van der Waals surface area (Å²) in [6, 6.07) is 0. The standard InChI is InChI=1S/C12H24N2O2S/c1-4-11(5-2,17-3)8-14-10(15)12(13)6-7-16-9-12/h4-9,13H2,1-3H3,(H,14,15). The highest BCUT2D eigenvalue weighted by Crippen LogP contribution is 2.29. The smallest absolute Gasteiger partial charge is 0.242 e. The molecule has 1 amide bonds. The maximum Gasteiger partial charge on any atom is 0.242 e. The second-order valence-electron chi connectivity index (χ2n) is 4.74. The number of hydrogen-bond acceptors (Lipinski definition) is 4. The molecule has 0 spiro atoms. The van der Waals surface area contributed by atoms with Crippen molar-refractivity contribution in [3.05, 3.63) is 0 Å². The van der Waals surface area contributed by atoms with Crippen LogP contribution in [-0.2, 0) is 9.53 Å². The monoisotopic (exact) mass is 260 g/mol. The van der Waals surface area contributed by atoms with Gasteiger partial charge in [0.15, 0.2) is 0 Å². The van der Waals surface area contributed by atoms with E-state index in [0.717, 1.165) is 12.8 Å². The van der Waals surface area contributed by atoms with Crippen molar-refractivity contribution in [2.24, 2.45) is 5.73 Å². The number of thioether (sulfide) groups is 1. The Morgan fingerprint density at radius 2 is 2.18 bits per heavy atom. The summed E-state index contributed by atoms with van der Waals surface area (Å²) in [6.45, 7) is 5.91. The maximum atomic E-state index is 12.0. The Kier molecular flexibility index (Phi) is 5.28. The first-order valence-corrected chi connectivity index (χ1v) is 7.44. The third-order valence-corrected chi connectivity index (χ3v) is 5.38. The highest BCUT2D eigenvalue weighted by atomic mass is 32.2. The van der Waals surface area contributed by atoms with Crippen LogP contribution in [0.3, 0.4) is 0 Å². The Hall–Kier alpha value is -0.260. The Morgan fingerprint density at radius 1 is 1.53 bits per heavy atom. The molecule has 1 heterocycles. The number of ether oxygens (including phenoxy) is 1. The molecular formula is C12H24N2O2S. The number of carbonyl (C=O) groups is 1. The van der Waals surface area contributed by atoms with E-state index in [0.29, 0.717) is 26.2 Å². The molecule has 100 valence electrons. The van der Waals surface area contributed by atoms with Crippen LogP contribution in [0.2, 0.25) is 0 Å². The molecule has 17 heavy (non-hydrogen) atoms. The molecule has 0 aliphatic carbocycles. The first-order chi connectivity index (χ1) is 8.02. The summed E-state index contributed by atoms with van der Waals surface area (Å²) >= 11 is 1.81. The molecule has 1 atom stereocenters. The van der Waals surface area contributed by atoms with Gasteiger partial charge in [0, 0.05) is 17.9 Å². The molecule has 3 N–H and O–H groups in total. The van der Waals surface area contributed by atoms with E-state index in [9.17, 15) is 4.79 Å². The minimum Gasteiger partial charge on any atom is -0.379 e. The van der Waals surface area contributed by atoms with E-state index in [1.165, 1.54) is 0 Å². The summed E-state index contributed by atoms with van der Waals surface area (Å²) in [5, 5.41) is 2.99. The highest BCUT2D eigenvalue weighted by molar-refractivity contribution is 8.00. The number of rotatable bonds is 6. The van der Waals surface area contributed by atoms with Crippen molar-refractivity contribution >= 4 is 17.7 Å². The zero-order valence-electron chi connectivity index (χ0n) is 11.0. The topological polar surface area (TPSA) is 64.4 Å².